The smallest absolute Gasteiger partial charge is 0.160 e. The highest BCUT2D eigenvalue weighted by molar-refractivity contribution is 7.17. The first kappa shape index (κ1) is 11.6. The first-order valence-corrected chi connectivity index (χ1v) is 6.60. The molecular formula is C12H18N2OS. The van der Waals surface area contributed by atoms with Crippen LogP contribution in [0, 0.1) is 0 Å². The molecule has 0 aliphatic carbocycles. The van der Waals surface area contributed by atoms with Crippen molar-refractivity contribution in [1.82, 2.24) is 4.90 Å². The maximum absolute atomic E-state index is 10.6. The van der Waals surface area contributed by atoms with E-state index in [1.807, 2.05) is 6.07 Å². The number of carbonyl (C=O) groups excluding carboxylic acids is 1. The molecule has 3 nitrogen and oxygen atoms in total. The minimum atomic E-state index is 0.598. The van der Waals surface area contributed by atoms with Crippen molar-refractivity contribution in [1.29, 1.82) is 0 Å². The Kier molecular flexibility index (Phi) is 3.61. The summed E-state index contributed by atoms with van der Waals surface area (Å²) in [5.41, 5.74) is 0. The summed E-state index contributed by atoms with van der Waals surface area (Å²) < 4.78 is 0. The van der Waals surface area contributed by atoms with Crippen LogP contribution in [0.5, 0.6) is 0 Å². The van der Waals surface area contributed by atoms with Crippen molar-refractivity contribution in [3.05, 3.63) is 17.0 Å². The molecule has 1 atom stereocenters. The van der Waals surface area contributed by atoms with Crippen LogP contribution in [-0.4, -0.2) is 43.4 Å². The van der Waals surface area contributed by atoms with Crippen molar-refractivity contribution in [3.8, 4) is 0 Å². The van der Waals surface area contributed by atoms with Crippen LogP contribution in [0.3, 0.4) is 0 Å². The Morgan fingerprint density at radius 1 is 1.50 bits per heavy atom. The molecule has 1 unspecified atom stereocenters. The van der Waals surface area contributed by atoms with Gasteiger partial charge in [-0.15, -0.1) is 11.3 Å². The van der Waals surface area contributed by atoms with Crippen LogP contribution in [0.15, 0.2) is 12.1 Å². The predicted octanol–water partition coefficient (Wildman–Crippen LogP) is 2.09. The van der Waals surface area contributed by atoms with Gasteiger partial charge < -0.3 is 4.90 Å². The number of hydrogen-bond acceptors (Lipinski definition) is 4. The van der Waals surface area contributed by atoms with Crippen LogP contribution in [0.2, 0.25) is 0 Å². The summed E-state index contributed by atoms with van der Waals surface area (Å²) in [6.07, 6.45) is 0.930. The Hall–Kier alpha value is -0.870. The average molecular weight is 238 g/mol. The van der Waals surface area contributed by atoms with Crippen molar-refractivity contribution >= 4 is 22.6 Å². The fourth-order valence-electron chi connectivity index (χ4n) is 2.24. The third-order valence-corrected chi connectivity index (χ3v) is 4.28. The lowest BCUT2D eigenvalue weighted by atomic mass is 10.2. The Morgan fingerprint density at radius 3 is 2.88 bits per heavy atom. The van der Waals surface area contributed by atoms with E-state index < -0.39 is 0 Å². The molecular weight excluding hydrogens is 220 g/mol. The van der Waals surface area contributed by atoms with Crippen LogP contribution in [0.4, 0.5) is 5.00 Å². The fourth-order valence-corrected chi connectivity index (χ4v) is 3.10. The fraction of sp³-hybridized carbons (Fsp3) is 0.583. The van der Waals surface area contributed by atoms with Crippen molar-refractivity contribution in [2.45, 2.75) is 19.9 Å². The van der Waals surface area contributed by atoms with Gasteiger partial charge in [0.05, 0.1) is 9.88 Å². The molecule has 1 aromatic heterocycles. The Balaban J connectivity index is 2.04. The van der Waals surface area contributed by atoms with Crippen LogP contribution in [0.25, 0.3) is 0 Å². The number of anilines is 1. The second-order valence-electron chi connectivity index (χ2n) is 4.22. The van der Waals surface area contributed by atoms with Crippen LogP contribution in [-0.2, 0) is 0 Å². The topological polar surface area (TPSA) is 23.6 Å². The minimum absolute atomic E-state index is 0.598. The summed E-state index contributed by atoms with van der Waals surface area (Å²) in [7, 11) is 0. The Morgan fingerprint density at radius 2 is 2.31 bits per heavy atom. The Bertz CT molecular complexity index is 364. The van der Waals surface area contributed by atoms with Crippen molar-refractivity contribution in [2.24, 2.45) is 0 Å². The summed E-state index contributed by atoms with van der Waals surface area (Å²) in [6, 6.07) is 4.56. The minimum Gasteiger partial charge on any atom is -0.361 e. The summed E-state index contributed by atoms with van der Waals surface area (Å²) in [5, 5.41) is 1.23. The van der Waals surface area contributed by atoms with E-state index in [0.717, 1.165) is 37.3 Å². The molecule has 16 heavy (non-hydrogen) atoms. The first-order valence-electron chi connectivity index (χ1n) is 5.78. The standard InChI is InChI=1S/C12H18N2OS/c1-3-13-6-7-14(8-10(13)2)12-5-4-11(9-15)16-12/h4-5,9-10H,3,6-8H2,1-2H3. The van der Waals surface area contributed by atoms with Crippen LogP contribution >= 0.6 is 11.3 Å². The maximum atomic E-state index is 10.6. The van der Waals surface area contributed by atoms with E-state index in [4.69, 9.17) is 0 Å². The lowest BCUT2D eigenvalue weighted by Crippen LogP contribution is -2.51. The van der Waals surface area contributed by atoms with E-state index >= 15 is 0 Å². The molecule has 1 aliphatic heterocycles. The van der Waals surface area contributed by atoms with E-state index in [1.165, 1.54) is 5.00 Å². The third kappa shape index (κ3) is 2.28. The lowest BCUT2D eigenvalue weighted by molar-refractivity contribution is 0.112. The molecule has 0 N–H and O–H groups in total. The molecule has 4 heteroatoms. The Labute approximate surface area is 101 Å². The number of rotatable bonds is 3. The average Bonchev–Trinajstić information content (AvgIpc) is 2.77. The second kappa shape index (κ2) is 4.97. The van der Waals surface area contributed by atoms with Gasteiger partial charge >= 0.3 is 0 Å². The second-order valence-corrected chi connectivity index (χ2v) is 5.31. The number of likely N-dealkylation sites (N-methyl/N-ethyl adjacent to an activating group) is 1. The molecule has 2 heterocycles. The maximum Gasteiger partial charge on any atom is 0.160 e. The SMILES string of the molecule is CCN1CCN(c2ccc(C=O)s2)CC1C. The zero-order chi connectivity index (χ0) is 11.5. The zero-order valence-corrected chi connectivity index (χ0v) is 10.7. The van der Waals surface area contributed by atoms with Gasteiger partial charge in [-0.2, -0.15) is 0 Å². The molecule has 0 aromatic carbocycles. The van der Waals surface area contributed by atoms with Crippen LogP contribution in [0.1, 0.15) is 23.5 Å². The largest absolute Gasteiger partial charge is 0.361 e. The molecule has 1 saturated heterocycles. The quantitative estimate of drug-likeness (QED) is 0.753. The number of hydrogen-bond donors (Lipinski definition) is 0. The third-order valence-electron chi connectivity index (χ3n) is 3.21. The van der Waals surface area contributed by atoms with E-state index in [1.54, 1.807) is 11.3 Å². The van der Waals surface area contributed by atoms with Gasteiger partial charge in [0.15, 0.2) is 6.29 Å². The first-order chi connectivity index (χ1) is 7.74. The van der Waals surface area contributed by atoms with Gasteiger partial charge in [0, 0.05) is 25.7 Å². The van der Waals surface area contributed by atoms with Gasteiger partial charge in [0.2, 0.25) is 0 Å². The summed E-state index contributed by atoms with van der Waals surface area (Å²) in [4.78, 5) is 16.3. The van der Waals surface area contributed by atoms with Gasteiger partial charge in [-0.05, 0) is 25.6 Å². The highest BCUT2D eigenvalue weighted by atomic mass is 32.1. The van der Waals surface area contributed by atoms with Crippen LogP contribution < -0.4 is 4.90 Å². The molecule has 88 valence electrons. The van der Waals surface area contributed by atoms with Crippen molar-refractivity contribution in [2.75, 3.05) is 31.1 Å². The van der Waals surface area contributed by atoms with E-state index in [0.29, 0.717) is 6.04 Å². The number of thiophene rings is 1. The molecule has 0 radical (unpaired) electrons. The summed E-state index contributed by atoms with van der Waals surface area (Å²) in [6.45, 7) is 8.85. The normalized spacial score (nSPS) is 22.4. The highest BCUT2D eigenvalue weighted by Crippen LogP contribution is 2.27. The molecule has 0 spiro atoms. The van der Waals surface area contributed by atoms with Gasteiger partial charge in [0.1, 0.15) is 0 Å². The zero-order valence-electron chi connectivity index (χ0n) is 9.85. The monoisotopic (exact) mass is 238 g/mol. The molecule has 0 bridgehead atoms. The molecule has 0 amide bonds. The summed E-state index contributed by atoms with van der Waals surface area (Å²) in [5.74, 6) is 0. The van der Waals surface area contributed by atoms with Crippen molar-refractivity contribution < 1.29 is 4.79 Å². The van der Waals surface area contributed by atoms with E-state index in [9.17, 15) is 4.79 Å². The number of aldehydes is 1. The van der Waals surface area contributed by atoms with Gasteiger partial charge in [0.25, 0.3) is 0 Å². The predicted molar refractivity (Wildman–Crippen MR) is 68.6 cm³/mol. The van der Waals surface area contributed by atoms with Gasteiger partial charge in [-0.3, -0.25) is 9.69 Å². The van der Waals surface area contributed by atoms with Crippen molar-refractivity contribution in [3.63, 3.8) is 0 Å². The van der Waals surface area contributed by atoms with Gasteiger partial charge in [-0.25, -0.2) is 0 Å². The molecule has 0 saturated carbocycles. The molecule has 1 fully saturated rings. The molecule has 1 aliphatic rings. The number of nitrogens with zero attached hydrogens (tertiary/aromatic N) is 2. The lowest BCUT2D eigenvalue weighted by Gasteiger charge is -2.39. The van der Waals surface area contributed by atoms with E-state index in [-0.39, 0.29) is 0 Å². The summed E-state index contributed by atoms with van der Waals surface area (Å²) >= 11 is 1.59. The number of carbonyl (C=O) groups is 1. The molecule has 1 aromatic rings. The number of piperazine rings is 1. The van der Waals surface area contributed by atoms with E-state index in [2.05, 4.69) is 29.7 Å². The molecule has 2 rings (SSSR count). The highest BCUT2D eigenvalue weighted by Gasteiger charge is 2.23. The van der Waals surface area contributed by atoms with Gasteiger partial charge in [-0.1, -0.05) is 6.92 Å².